The molecule has 2 rings (SSSR count). The molecule has 144 valence electrons. The van der Waals surface area contributed by atoms with Crippen molar-refractivity contribution in [3.63, 3.8) is 0 Å². The zero-order chi connectivity index (χ0) is 20.0. The summed E-state index contributed by atoms with van der Waals surface area (Å²) in [5.74, 6) is -0.627. The summed E-state index contributed by atoms with van der Waals surface area (Å²) in [6, 6.07) is 14.2. The van der Waals surface area contributed by atoms with E-state index in [0.717, 1.165) is 12.0 Å². The Hall–Kier alpha value is -2.33. The Balaban J connectivity index is 2.07. The van der Waals surface area contributed by atoms with Gasteiger partial charge in [0.05, 0.1) is 16.6 Å². The van der Waals surface area contributed by atoms with E-state index in [1.165, 1.54) is 5.56 Å². The Kier molecular flexibility index (Phi) is 7.43. The molecule has 2 unspecified atom stereocenters. The van der Waals surface area contributed by atoms with Gasteiger partial charge >= 0.3 is 0 Å². The molecule has 0 aliphatic rings. The van der Waals surface area contributed by atoms with Crippen LogP contribution in [0.15, 0.2) is 48.5 Å². The minimum Gasteiger partial charge on any atom is -0.348 e. The van der Waals surface area contributed by atoms with Gasteiger partial charge in [-0.25, -0.2) is 0 Å². The third kappa shape index (κ3) is 5.57. The Morgan fingerprint density at radius 3 is 2.15 bits per heavy atom. The molecule has 4 nitrogen and oxygen atoms in total. The van der Waals surface area contributed by atoms with Gasteiger partial charge in [-0.05, 0) is 42.5 Å². The standard InChI is InChI=1S/C22H27ClN2O2/c1-5-16-10-12-17(13-11-16)15(4)24-22(27)20(14(2)3)25-21(26)18-8-6-7-9-19(18)23/h6-15,20H,5H2,1-4H3,(H,24,27)(H,25,26). The molecule has 0 aliphatic carbocycles. The van der Waals surface area contributed by atoms with Gasteiger partial charge in [-0.15, -0.1) is 0 Å². The summed E-state index contributed by atoms with van der Waals surface area (Å²) >= 11 is 6.09. The van der Waals surface area contributed by atoms with E-state index in [0.29, 0.717) is 10.6 Å². The number of rotatable bonds is 7. The molecule has 0 fully saturated rings. The second-order valence-electron chi connectivity index (χ2n) is 7.00. The quantitative estimate of drug-likeness (QED) is 0.734. The molecular weight excluding hydrogens is 360 g/mol. The van der Waals surface area contributed by atoms with Crippen molar-refractivity contribution in [2.24, 2.45) is 5.92 Å². The van der Waals surface area contributed by atoms with Crippen molar-refractivity contribution >= 4 is 23.4 Å². The fraction of sp³-hybridized carbons (Fsp3) is 0.364. The average Bonchev–Trinajstić information content (AvgIpc) is 2.65. The van der Waals surface area contributed by atoms with E-state index in [1.807, 2.05) is 32.9 Å². The first-order valence-electron chi connectivity index (χ1n) is 9.28. The normalized spacial score (nSPS) is 13.1. The summed E-state index contributed by atoms with van der Waals surface area (Å²) in [7, 11) is 0. The third-order valence-corrected chi connectivity index (χ3v) is 4.93. The number of carbonyl (C=O) groups excluding carboxylic acids is 2. The van der Waals surface area contributed by atoms with Gasteiger partial charge in [0.2, 0.25) is 5.91 Å². The number of amides is 2. The van der Waals surface area contributed by atoms with Crippen molar-refractivity contribution < 1.29 is 9.59 Å². The van der Waals surface area contributed by atoms with Crippen LogP contribution in [0.5, 0.6) is 0 Å². The predicted molar refractivity (Wildman–Crippen MR) is 110 cm³/mol. The minimum atomic E-state index is -0.647. The van der Waals surface area contributed by atoms with E-state index in [9.17, 15) is 9.59 Å². The van der Waals surface area contributed by atoms with Crippen molar-refractivity contribution in [3.8, 4) is 0 Å². The molecular formula is C22H27ClN2O2. The molecule has 0 bridgehead atoms. The first-order chi connectivity index (χ1) is 12.8. The predicted octanol–water partition coefficient (Wildman–Crippen LogP) is 4.53. The van der Waals surface area contributed by atoms with Crippen LogP contribution < -0.4 is 10.6 Å². The van der Waals surface area contributed by atoms with Crippen molar-refractivity contribution in [1.29, 1.82) is 0 Å². The maximum Gasteiger partial charge on any atom is 0.253 e. The van der Waals surface area contributed by atoms with Crippen LogP contribution in [0.3, 0.4) is 0 Å². The van der Waals surface area contributed by atoms with Crippen molar-refractivity contribution in [2.45, 2.75) is 46.2 Å². The van der Waals surface area contributed by atoms with Crippen LogP contribution in [0.1, 0.15) is 55.2 Å². The molecule has 0 aliphatic heterocycles. The minimum absolute atomic E-state index is 0.0638. The monoisotopic (exact) mass is 386 g/mol. The van der Waals surface area contributed by atoms with E-state index in [1.54, 1.807) is 24.3 Å². The summed E-state index contributed by atoms with van der Waals surface area (Å²) in [5.41, 5.74) is 2.64. The van der Waals surface area contributed by atoms with Crippen LogP contribution in [-0.2, 0) is 11.2 Å². The molecule has 0 spiro atoms. The first-order valence-corrected chi connectivity index (χ1v) is 9.65. The molecule has 2 aromatic carbocycles. The van der Waals surface area contributed by atoms with Gasteiger partial charge in [0.25, 0.3) is 5.91 Å². The molecule has 0 heterocycles. The molecule has 0 radical (unpaired) electrons. The Morgan fingerprint density at radius 1 is 0.963 bits per heavy atom. The summed E-state index contributed by atoms with van der Waals surface area (Å²) in [6.07, 6.45) is 0.977. The molecule has 27 heavy (non-hydrogen) atoms. The summed E-state index contributed by atoms with van der Waals surface area (Å²) in [4.78, 5) is 25.3. The van der Waals surface area contributed by atoms with E-state index in [2.05, 4.69) is 29.7 Å². The fourth-order valence-electron chi connectivity index (χ4n) is 2.83. The summed E-state index contributed by atoms with van der Waals surface area (Å²) < 4.78 is 0. The van der Waals surface area contributed by atoms with Gasteiger partial charge in [-0.3, -0.25) is 9.59 Å². The fourth-order valence-corrected chi connectivity index (χ4v) is 3.05. The van der Waals surface area contributed by atoms with Gasteiger partial charge < -0.3 is 10.6 Å². The van der Waals surface area contributed by atoms with Gasteiger partial charge in [0.1, 0.15) is 6.04 Å². The zero-order valence-corrected chi connectivity index (χ0v) is 17.0. The van der Waals surface area contributed by atoms with Gasteiger partial charge in [-0.2, -0.15) is 0 Å². The number of nitrogens with one attached hydrogen (secondary N) is 2. The maximum atomic E-state index is 12.8. The molecule has 5 heteroatoms. The van der Waals surface area contributed by atoms with Crippen molar-refractivity contribution in [3.05, 3.63) is 70.2 Å². The second-order valence-corrected chi connectivity index (χ2v) is 7.41. The van der Waals surface area contributed by atoms with E-state index in [-0.39, 0.29) is 23.8 Å². The molecule has 2 amide bonds. The molecule has 2 atom stereocenters. The highest BCUT2D eigenvalue weighted by Gasteiger charge is 2.26. The van der Waals surface area contributed by atoms with Crippen molar-refractivity contribution in [2.75, 3.05) is 0 Å². The number of hydrogen-bond acceptors (Lipinski definition) is 2. The molecule has 0 aromatic heterocycles. The Morgan fingerprint density at radius 2 is 1.59 bits per heavy atom. The van der Waals surface area contributed by atoms with Crippen molar-refractivity contribution in [1.82, 2.24) is 10.6 Å². The molecule has 2 aromatic rings. The first kappa shape index (κ1) is 21.0. The lowest BCUT2D eigenvalue weighted by Crippen LogP contribution is -2.50. The van der Waals surface area contributed by atoms with Crippen LogP contribution in [0, 0.1) is 5.92 Å². The van der Waals surface area contributed by atoms with Gasteiger partial charge in [0.15, 0.2) is 0 Å². The van der Waals surface area contributed by atoms with E-state index in [4.69, 9.17) is 11.6 Å². The molecule has 0 saturated carbocycles. The number of aryl methyl sites for hydroxylation is 1. The largest absolute Gasteiger partial charge is 0.348 e. The van der Waals surface area contributed by atoms with E-state index >= 15 is 0 Å². The second kappa shape index (κ2) is 9.56. The molecule has 0 saturated heterocycles. The lowest BCUT2D eigenvalue weighted by atomic mass is 10.0. The van der Waals surface area contributed by atoms with Crippen LogP contribution in [-0.4, -0.2) is 17.9 Å². The Bertz CT molecular complexity index is 787. The average molecular weight is 387 g/mol. The van der Waals surface area contributed by atoms with Crippen LogP contribution in [0.25, 0.3) is 0 Å². The lowest BCUT2D eigenvalue weighted by Gasteiger charge is -2.24. The van der Waals surface area contributed by atoms with Crippen LogP contribution in [0.4, 0.5) is 0 Å². The van der Waals surface area contributed by atoms with Crippen LogP contribution in [0.2, 0.25) is 5.02 Å². The topological polar surface area (TPSA) is 58.2 Å². The van der Waals surface area contributed by atoms with Crippen LogP contribution >= 0.6 is 11.6 Å². The SMILES string of the molecule is CCc1ccc(C(C)NC(=O)C(NC(=O)c2ccccc2Cl)C(C)C)cc1. The Labute approximate surface area is 166 Å². The zero-order valence-electron chi connectivity index (χ0n) is 16.3. The van der Waals surface area contributed by atoms with E-state index < -0.39 is 6.04 Å². The highest BCUT2D eigenvalue weighted by atomic mass is 35.5. The highest BCUT2D eigenvalue weighted by Crippen LogP contribution is 2.17. The highest BCUT2D eigenvalue weighted by molar-refractivity contribution is 6.33. The van der Waals surface area contributed by atoms with Gasteiger partial charge in [0, 0.05) is 0 Å². The number of hydrogen-bond donors (Lipinski definition) is 2. The lowest BCUT2D eigenvalue weighted by molar-refractivity contribution is -0.124. The number of halogens is 1. The molecule has 2 N–H and O–H groups in total. The smallest absolute Gasteiger partial charge is 0.253 e. The van der Waals surface area contributed by atoms with Gasteiger partial charge in [-0.1, -0.05) is 68.8 Å². The third-order valence-electron chi connectivity index (χ3n) is 4.60. The summed E-state index contributed by atoms with van der Waals surface area (Å²) in [5, 5.41) is 6.18. The number of benzene rings is 2. The number of carbonyl (C=O) groups is 2. The maximum absolute atomic E-state index is 12.8. The summed E-state index contributed by atoms with van der Waals surface area (Å²) in [6.45, 7) is 7.84.